The van der Waals surface area contributed by atoms with Crippen LogP contribution in [0, 0.1) is 6.92 Å². The zero-order valence-electron chi connectivity index (χ0n) is 14.0. The van der Waals surface area contributed by atoms with Gasteiger partial charge in [-0.2, -0.15) is 0 Å². The maximum atomic E-state index is 12.1. The van der Waals surface area contributed by atoms with Crippen LogP contribution in [0.1, 0.15) is 21.5 Å². The summed E-state index contributed by atoms with van der Waals surface area (Å²) in [6.07, 6.45) is -1.05. The van der Waals surface area contributed by atoms with Crippen molar-refractivity contribution in [2.75, 3.05) is 11.9 Å². The number of esters is 1. The number of amides is 2. The van der Waals surface area contributed by atoms with Crippen LogP contribution in [0.4, 0.5) is 5.69 Å². The summed E-state index contributed by atoms with van der Waals surface area (Å²) in [6.45, 7) is 2.96. The Labute approximate surface area is 164 Å². The van der Waals surface area contributed by atoms with Gasteiger partial charge in [0.25, 0.3) is 11.8 Å². The number of aryl methyl sites for hydroxylation is 1. The predicted octanol–water partition coefficient (Wildman–Crippen LogP) is 3.66. The van der Waals surface area contributed by atoms with Crippen molar-refractivity contribution in [2.45, 2.75) is 20.0 Å². The van der Waals surface area contributed by atoms with Crippen LogP contribution >= 0.6 is 34.5 Å². The summed E-state index contributed by atoms with van der Waals surface area (Å²) < 4.78 is 5.01. The Morgan fingerprint density at radius 2 is 1.81 bits per heavy atom. The maximum Gasteiger partial charge on any atom is 0.326 e. The highest BCUT2D eigenvalue weighted by molar-refractivity contribution is 7.13. The molecule has 26 heavy (non-hydrogen) atoms. The lowest BCUT2D eigenvalue weighted by Gasteiger charge is -2.14. The van der Waals surface area contributed by atoms with Crippen LogP contribution in [-0.4, -0.2) is 30.4 Å². The van der Waals surface area contributed by atoms with E-state index in [-0.39, 0.29) is 12.5 Å². The van der Waals surface area contributed by atoms with E-state index in [0.29, 0.717) is 20.6 Å². The first-order chi connectivity index (χ1) is 12.2. The number of nitrogens with one attached hydrogen (secondary N) is 2. The Balaban J connectivity index is 1.82. The van der Waals surface area contributed by atoms with Gasteiger partial charge in [-0.1, -0.05) is 23.2 Å². The molecule has 0 saturated heterocycles. The summed E-state index contributed by atoms with van der Waals surface area (Å²) in [5.41, 5.74) is 0.386. The first-order valence-corrected chi connectivity index (χ1v) is 9.13. The molecule has 2 N–H and O–H groups in total. The largest absolute Gasteiger partial charge is 0.451 e. The number of rotatable bonds is 6. The second-order valence-corrected chi connectivity index (χ2v) is 7.53. The number of hydrogen-bond donors (Lipinski definition) is 2. The third-order valence-electron chi connectivity index (χ3n) is 3.16. The molecular formula is C17H16Cl2N2O4S. The minimum absolute atomic E-state index is 0.337. The van der Waals surface area contributed by atoms with Gasteiger partial charge in [-0.3, -0.25) is 14.4 Å². The molecule has 2 amide bonds. The maximum absolute atomic E-state index is 12.1. The van der Waals surface area contributed by atoms with Crippen LogP contribution in [0.2, 0.25) is 10.0 Å². The number of carbonyl (C=O) groups is 3. The van der Waals surface area contributed by atoms with Gasteiger partial charge in [-0.25, -0.2) is 0 Å². The zero-order valence-corrected chi connectivity index (χ0v) is 16.3. The molecule has 0 fully saturated rings. The van der Waals surface area contributed by atoms with Gasteiger partial charge in [0.2, 0.25) is 0 Å². The van der Waals surface area contributed by atoms with E-state index < -0.39 is 18.0 Å². The van der Waals surface area contributed by atoms with Crippen LogP contribution in [0.5, 0.6) is 0 Å². The molecule has 0 aliphatic heterocycles. The highest BCUT2D eigenvalue weighted by Gasteiger charge is 2.19. The average Bonchev–Trinajstić information content (AvgIpc) is 2.98. The molecule has 0 spiro atoms. The van der Waals surface area contributed by atoms with Gasteiger partial charge >= 0.3 is 5.97 Å². The van der Waals surface area contributed by atoms with Gasteiger partial charge in [-0.05, 0) is 44.2 Å². The number of carbonyl (C=O) groups excluding carboxylic acids is 3. The van der Waals surface area contributed by atoms with Gasteiger partial charge in [0.15, 0.2) is 6.10 Å². The second kappa shape index (κ2) is 9.02. The van der Waals surface area contributed by atoms with Crippen LogP contribution in [0.25, 0.3) is 0 Å². The Kier molecular flexibility index (Phi) is 7.02. The third kappa shape index (κ3) is 6.01. The molecule has 1 aromatic carbocycles. The SMILES string of the molecule is Cc1ccc(C(=O)NCC(=O)OC(C)C(=O)Nc2cc(Cl)cc(Cl)c2)s1. The van der Waals surface area contributed by atoms with E-state index in [4.69, 9.17) is 27.9 Å². The number of hydrogen-bond acceptors (Lipinski definition) is 5. The van der Waals surface area contributed by atoms with Crippen molar-refractivity contribution in [3.05, 3.63) is 50.1 Å². The highest BCUT2D eigenvalue weighted by Crippen LogP contribution is 2.22. The minimum atomic E-state index is -1.05. The molecule has 1 unspecified atom stereocenters. The van der Waals surface area contributed by atoms with E-state index in [0.717, 1.165) is 4.88 Å². The fourth-order valence-corrected chi connectivity index (χ4v) is 3.27. The van der Waals surface area contributed by atoms with Gasteiger partial charge in [0, 0.05) is 20.6 Å². The van der Waals surface area contributed by atoms with E-state index in [1.165, 1.54) is 36.5 Å². The molecule has 138 valence electrons. The van der Waals surface area contributed by atoms with Crippen molar-refractivity contribution in [2.24, 2.45) is 0 Å². The highest BCUT2D eigenvalue weighted by atomic mass is 35.5. The molecule has 1 heterocycles. The van der Waals surface area contributed by atoms with E-state index >= 15 is 0 Å². The van der Waals surface area contributed by atoms with Crippen molar-refractivity contribution < 1.29 is 19.1 Å². The van der Waals surface area contributed by atoms with E-state index in [1.807, 2.05) is 13.0 Å². The number of halogens is 2. The molecule has 1 aromatic heterocycles. The van der Waals surface area contributed by atoms with Crippen molar-refractivity contribution in [3.8, 4) is 0 Å². The zero-order chi connectivity index (χ0) is 19.3. The Morgan fingerprint density at radius 3 is 2.38 bits per heavy atom. The van der Waals surface area contributed by atoms with Gasteiger partial charge in [0.1, 0.15) is 6.54 Å². The number of anilines is 1. The van der Waals surface area contributed by atoms with Gasteiger partial charge in [-0.15, -0.1) is 11.3 Å². The first kappa shape index (κ1) is 20.2. The van der Waals surface area contributed by atoms with Crippen molar-refractivity contribution in [1.29, 1.82) is 0 Å². The van der Waals surface area contributed by atoms with Crippen molar-refractivity contribution >= 4 is 58.0 Å². The lowest BCUT2D eigenvalue weighted by molar-refractivity contribution is -0.152. The summed E-state index contributed by atoms with van der Waals surface area (Å²) in [4.78, 5) is 37.2. The lowest BCUT2D eigenvalue weighted by Crippen LogP contribution is -2.35. The molecule has 9 heteroatoms. The van der Waals surface area contributed by atoms with Crippen molar-refractivity contribution in [3.63, 3.8) is 0 Å². The summed E-state index contributed by atoms with van der Waals surface area (Å²) in [7, 11) is 0. The van der Waals surface area contributed by atoms with Gasteiger partial charge in [0.05, 0.1) is 4.88 Å². The number of ether oxygens (including phenoxy) is 1. The van der Waals surface area contributed by atoms with E-state index in [9.17, 15) is 14.4 Å². The normalized spacial score (nSPS) is 11.5. The Bertz CT molecular complexity index is 818. The molecule has 2 rings (SSSR count). The molecule has 0 aliphatic rings. The molecule has 2 aromatic rings. The topological polar surface area (TPSA) is 84.5 Å². The van der Waals surface area contributed by atoms with E-state index in [2.05, 4.69) is 10.6 Å². The molecule has 0 bridgehead atoms. The molecular weight excluding hydrogens is 399 g/mol. The van der Waals surface area contributed by atoms with Crippen molar-refractivity contribution in [1.82, 2.24) is 5.32 Å². The smallest absolute Gasteiger partial charge is 0.326 e. The molecule has 0 radical (unpaired) electrons. The van der Waals surface area contributed by atoms with Crippen LogP contribution in [0.15, 0.2) is 30.3 Å². The lowest BCUT2D eigenvalue weighted by atomic mass is 10.3. The molecule has 6 nitrogen and oxygen atoms in total. The number of thiophene rings is 1. The fraction of sp³-hybridized carbons (Fsp3) is 0.235. The van der Waals surface area contributed by atoms with E-state index in [1.54, 1.807) is 6.07 Å². The quantitative estimate of drug-likeness (QED) is 0.706. The molecule has 0 aliphatic carbocycles. The summed E-state index contributed by atoms with van der Waals surface area (Å²) in [5.74, 6) is -1.64. The Hall–Kier alpha value is -2.09. The van der Waals surface area contributed by atoms with Crippen LogP contribution in [0.3, 0.4) is 0 Å². The average molecular weight is 415 g/mol. The summed E-state index contributed by atoms with van der Waals surface area (Å²) in [5, 5.41) is 5.73. The minimum Gasteiger partial charge on any atom is -0.451 e. The van der Waals surface area contributed by atoms with Crippen LogP contribution in [-0.2, 0) is 14.3 Å². The molecule has 1 atom stereocenters. The third-order valence-corrected chi connectivity index (χ3v) is 4.60. The Morgan fingerprint density at radius 1 is 1.15 bits per heavy atom. The number of benzene rings is 1. The monoisotopic (exact) mass is 414 g/mol. The van der Waals surface area contributed by atoms with Crippen LogP contribution < -0.4 is 10.6 Å². The predicted molar refractivity (Wildman–Crippen MR) is 102 cm³/mol. The fourth-order valence-electron chi connectivity index (χ4n) is 1.96. The molecule has 0 saturated carbocycles. The summed E-state index contributed by atoms with van der Waals surface area (Å²) >= 11 is 13.0. The first-order valence-electron chi connectivity index (χ1n) is 7.55. The second-order valence-electron chi connectivity index (χ2n) is 5.37. The van der Waals surface area contributed by atoms with Gasteiger partial charge < -0.3 is 15.4 Å². The standard InChI is InChI=1S/C17H16Cl2N2O4S/c1-9-3-4-14(26-9)17(24)20-8-15(22)25-10(2)16(23)21-13-6-11(18)5-12(19)7-13/h3-7,10H,8H2,1-2H3,(H,20,24)(H,21,23). The summed E-state index contributed by atoms with van der Waals surface area (Å²) in [6, 6.07) is 8.05.